The fourth-order valence-corrected chi connectivity index (χ4v) is 4.54. The van der Waals surface area contributed by atoms with Gasteiger partial charge in [0.15, 0.2) is 11.5 Å². The second-order valence-electron chi connectivity index (χ2n) is 8.44. The second-order valence-corrected chi connectivity index (χ2v) is 8.44. The average Bonchev–Trinajstić information content (AvgIpc) is 3.18. The lowest BCUT2D eigenvalue weighted by atomic mass is 9.94. The number of halogens is 1. The summed E-state index contributed by atoms with van der Waals surface area (Å²) in [5.74, 6) is -1.70. The fraction of sp³-hybridized carbons (Fsp3) is 0.214. The predicted molar refractivity (Wildman–Crippen MR) is 131 cm³/mol. The van der Waals surface area contributed by atoms with Crippen molar-refractivity contribution in [1.29, 1.82) is 0 Å². The zero-order valence-corrected chi connectivity index (χ0v) is 19.8. The molecule has 2 heterocycles. The van der Waals surface area contributed by atoms with E-state index in [4.69, 9.17) is 14.2 Å². The Bertz CT molecular complexity index is 1380. The molecule has 3 aromatic rings. The molecule has 0 aromatic heterocycles. The van der Waals surface area contributed by atoms with E-state index in [9.17, 15) is 19.1 Å². The minimum absolute atomic E-state index is 0.0205. The summed E-state index contributed by atoms with van der Waals surface area (Å²) >= 11 is 0. The number of anilines is 1. The first-order valence-corrected chi connectivity index (χ1v) is 11.6. The summed E-state index contributed by atoms with van der Waals surface area (Å²) in [6, 6.07) is 15.1. The lowest BCUT2D eigenvalue weighted by Gasteiger charge is -2.27. The van der Waals surface area contributed by atoms with Crippen molar-refractivity contribution in [3.05, 3.63) is 88.7 Å². The van der Waals surface area contributed by atoms with Gasteiger partial charge in [-0.1, -0.05) is 31.2 Å². The quantitative estimate of drug-likeness (QED) is 0.315. The minimum atomic E-state index is -0.966. The first-order chi connectivity index (χ1) is 17.4. The zero-order chi connectivity index (χ0) is 25.4. The highest BCUT2D eigenvalue weighted by Crippen LogP contribution is 2.45. The second kappa shape index (κ2) is 9.37. The molecule has 3 aromatic carbocycles. The summed E-state index contributed by atoms with van der Waals surface area (Å²) in [6.07, 6.45) is 0.809. The number of methoxy groups -OCH3 is 1. The molecule has 8 heteroatoms. The molecule has 0 bridgehead atoms. The number of carbonyl (C=O) groups excluding carboxylic acids is 2. The summed E-state index contributed by atoms with van der Waals surface area (Å²) < 4.78 is 30.7. The maximum Gasteiger partial charge on any atom is 0.300 e. The van der Waals surface area contributed by atoms with E-state index in [-0.39, 0.29) is 16.9 Å². The lowest BCUT2D eigenvalue weighted by molar-refractivity contribution is -0.132. The van der Waals surface area contributed by atoms with Gasteiger partial charge in [0.05, 0.1) is 24.3 Å². The molecule has 1 unspecified atom stereocenters. The molecule has 1 N–H and O–H groups in total. The average molecular weight is 489 g/mol. The van der Waals surface area contributed by atoms with E-state index in [2.05, 4.69) is 0 Å². The number of fused-ring (bicyclic) bond motifs is 1. The molecule has 184 valence electrons. The molecule has 0 radical (unpaired) electrons. The van der Waals surface area contributed by atoms with E-state index >= 15 is 0 Å². The number of Topliss-reactive ketones (excluding diaryl/α,β-unsaturated/α-hetero) is 1. The van der Waals surface area contributed by atoms with Crippen molar-refractivity contribution in [3.63, 3.8) is 0 Å². The molecule has 7 nitrogen and oxygen atoms in total. The number of ether oxygens (including phenoxy) is 3. The van der Waals surface area contributed by atoms with Crippen molar-refractivity contribution in [2.24, 2.45) is 0 Å². The van der Waals surface area contributed by atoms with Gasteiger partial charge in [0.2, 0.25) is 0 Å². The Labute approximate surface area is 207 Å². The van der Waals surface area contributed by atoms with E-state index < -0.39 is 29.3 Å². The number of hydrogen-bond donors (Lipinski definition) is 1. The number of hydrogen-bond acceptors (Lipinski definition) is 6. The Hall–Kier alpha value is -4.33. The van der Waals surface area contributed by atoms with Crippen LogP contribution < -0.4 is 19.1 Å². The van der Waals surface area contributed by atoms with E-state index in [0.29, 0.717) is 36.0 Å². The third kappa shape index (κ3) is 3.94. The van der Waals surface area contributed by atoms with E-state index in [0.717, 1.165) is 18.1 Å². The topological polar surface area (TPSA) is 85.3 Å². The molecule has 0 spiro atoms. The number of rotatable bonds is 5. The van der Waals surface area contributed by atoms with Crippen LogP contribution in [0.3, 0.4) is 0 Å². The number of aliphatic hydroxyl groups excluding tert-OH is 1. The minimum Gasteiger partial charge on any atom is -0.507 e. The van der Waals surface area contributed by atoms with Crippen LogP contribution in [0.5, 0.6) is 17.2 Å². The smallest absolute Gasteiger partial charge is 0.300 e. The number of carbonyl (C=O) groups is 2. The molecule has 1 amide bonds. The van der Waals surface area contributed by atoms with Gasteiger partial charge in [-0.3, -0.25) is 14.5 Å². The van der Waals surface area contributed by atoms with Gasteiger partial charge in [-0.05, 0) is 47.9 Å². The molecule has 36 heavy (non-hydrogen) atoms. The van der Waals surface area contributed by atoms with Gasteiger partial charge in [-0.15, -0.1) is 0 Å². The fourth-order valence-electron chi connectivity index (χ4n) is 4.54. The van der Waals surface area contributed by atoms with Crippen molar-refractivity contribution in [1.82, 2.24) is 0 Å². The number of aryl methyl sites for hydroxylation is 1. The molecular formula is C28H24FNO6. The van der Waals surface area contributed by atoms with Gasteiger partial charge in [-0.2, -0.15) is 0 Å². The molecule has 1 fully saturated rings. The zero-order valence-electron chi connectivity index (χ0n) is 19.8. The standard InChI is InChI=1S/C28H24FNO6/c1-3-16-4-6-17(7-5-16)25-24(26(31)20-14-18(29)8-10-21(20)34-2)27(32)28(33)30(25)19-9-11-22-23(15-19)36-13-12-35-22/h4-11,14-15,25,31H,3,12-13H2,1-2H3/b26-24+. The first kappa shape index (κ1) is 23.4. The van der Waals surface area contributed by atoms with Crippen molar-refractivity contribution in [2.75, 3.05) is 25.2 Å². The third-order valence-electron chi connectivity index (χ3n) is 6.37. The van der Waals surface area contributed by atoms with Crippen molar-refractivity contribution in [3.8, 4) is 17.2 Å². The number of benzene rings is 3. The molecule has 1 saturated heterocycles. The maximum absolute atomic E-state index is 14.1. The van der Waals surface area contributed by atoms with E-state index in [1.165, 1.54) is 24.1 Å². The first-order valence-electron chi connectivity index (χ1n) is 11.6. The number of amides is 1. The van der Waals surface area contributed by atoms with Gasteiger partial charge in [0.25, 0.3) is 11.7 Å². The van der Waals surface area contributed by atoms with Crippen molar-refractivity contribution < 1.29 is 33.3 Å². The van der Waals surface area contributed by atoms with Gasteiger partial charge in [0.1, 0.15) is 30.5 Å². The molecule has 1 atom stereocenters. The third-order valence-corrected chi connectivity index (χ3v) is 6.37. The van der Waals surface area contributed by atoms with Crippen LogP contribution in [0.4, 0.5) is 10.1 Å². The molecular weight excluding hydrogens is 465 g/mol. The molecule has 0 aliphatic carbocycles. The lowest BCUT2D eigenvalue weighted by Crippen LogP contribution is -2.29. The van der Waals surface area contributed by atoms with Crippen LogP contribution in [-0.2, 0) is 16.0 Å². The molecule has 0 saturated carbocycles. The number of ketones is 1. The Kier molecular flexibility index (Phi) is 6.10. The summed E-state index contributed by atoms with van der Waals surface area (Å²) in [5, 5.41) is 11.3. The largest absolute Gasteiger partial charge is 0.507 e. The number of aliphatic hydroxyl groups is 1. The molecule has 2 aliphatic heterocycles. The Morgan fingerprint density at radius 3 is 2.44 bits per heavy atom. The molecule has 5 rings (SSSR count). The Morgan fingerprint density at radius 1 is 1.03 bits per heavy atom. The maximum atomic E-state index is 14.1. The van der Waals surface area contributed by atoms with Crippen LogP contribution in [0.25, 0.3) is 5.76 Å². The summed E-state index contributed by atoms with van der Waals surface area (Å²) in [5.41, 5.74) is 1.90. The van der Waals surface area contributed by atoms with Crippen molar-refractivity contribution >= 4 is 23.1 Å². The van der Waals surface area contributed by atoms with Gasteiger partial charge in [-0.25, -0.2) is 4.39 Å². The normalized spacial score (nSPS) is 18.4. The highest BCUT2D eigenvalue weighted by Gasteiger charge is 2.47. The predicted octanol–water partition coefficient (Wildman–Crippen LogP) is 4.79. The summed E-state index contributed by atoms with van der Waals surface area (Å²) in [4.78, 5) is 28.1. The highest BCUT2D eigenvalue weighted by atomic mass is 19.1. The van der Waals surface area contributed by atoms with E-state index in [1.54, 1.807) is 18.2 Å². The SMILES string of the molecule is CCc1ccc(C2/C(=C(\O)c3cc(F)ccc3OC)C(=O)C(=O)N2c2ccc3c(c2)OCCO3)cc1. The van der Waals surface area contributed by atoms with Crippen LogP contribution in [0, 0.1) is 5.82 Å². The molecule has 2 aliphatic rings. The van der Waals surface area contributed by atoms with Crippen LogP contribution in [0.2, 0.25) is 0 Å². The Morgan fingerprint density at radius 2 is 1.75 bits per heavy atom. The Balaban J connectivity index is 1.72. The van der Waals surface area contributed by atoms with Crippen LogP contribution in [-0.4, -0.2) is 37.1 Å². The summed E-state index contributed by atoms with van der Waals surface area (Å²) in [6.45, 7) is 2.79. The monoisotopic (exact) mass is 489 g/mol. The van der Waals surface area contributed by atoms with Gasteiger partial charge >= 0.3 is 0 Å². The van der Waals surface area contributed by atoms with Crippen LogP contribution >= 0.6 is 0 Å². The van der Waals surface area contributed by atoms with E-state index in [1.807, 2.05) is 31.2 Å². The van der Waals surface area contributed by atoms with Crippen LogP contribution in [0.15, 0.2) is 66.2 Å². The van der Waals surface area contributed by atoms with Crippen molar-refractivity contribution in [2.45, 2.75) is 19.4 Å². The van der Waals surface area contributed by atoms with Gasteiger partial charge < -0.3 is 19.3 Å². The highest BCUT2D eigenvalue weighted by molar-refractivity contribution is 6.51. The summed E-state index contributed by atoms with van der Waals surface area (Å²) in [7, 11) is 1.37. The van der Waals surface area contributed by atoms with Gasteiger partial charge in [0, 0.05) is 11.8 Å². The number of nitrogens with zero attached hydrogens (tertiary/aromatic N) is 1. The van der Waals surface area contributed by atoms with Crippen LogP contribution in [0.1, 0.15) is 29.7 Å².